The molecule has 0 spiro atoms. The van der Waals surface area contributed by atoms with Crippen LogP contribution < -0.4 is 10.6 Å². The maximum absolute atomic E-state index is 11.9. The fourth-order valence-corrected chi connectivity index (χ4v) is 1.44. The van der Waals surface area contributed by atoms with Crippen LogP contribution in [0.5, 0.6) is 0 Å². The van der Waals surface area contributed by atoms with Gasteiger partial charge in [0.25, 0.3) is 5.91 Å². The number of carboxylic acid groups (broad SMARTS) is 2. The molecule has 0 saturated carbocycles. The number of aromatic nitrogens is 1. The number of anilines is 1. The first-order valence-corrected chi connectivity index (χ1v) is 5.78. The number of nitrogens with zero attached hydrogens (tertiary/aromatic N) is 1. The molecule has 9 heteroatoms. The lowest BCUT2D eigenvalue weighted by molar-refractivity contribution is -0.145. The van der Waals surface area contributed by atoms with Crippen molar-refractivity contribution in [2.75, 3.05) is 5.32 Å². The molecule has 0 fully saturated rings. The molecule has 0 aliphatic carbocycles. The van der Waals surface area contributed by atoms with E-state index >= 15 is 0 Å². The van der Waals surface area contributed by atoms with Gasteiger partial charge in [0.2, 0.25) is 5.91 Å². The molecule has 0 radical (unpaired) electrons. The van der Waals surface area contributed by atoms with Gasteiger partial charge in [-0.05, 0) is 12.1 Å². The lowest BCUT2D eigenvalue weighted by atomic mass is 10.1. The number of rotatable bonds is 6. The molecule has 1 aromatic rings. The second kappa shape index (κ2) is 6.98. The lowest BCUT2D eigenvalue weighted by Crippen LogP contribution is -2.42. The van der Waals surface area contributed by atoms with Gasteiger partial charge < -0.3 is 20.8 Å². The number of hydrogen-bond acceptors (Lipinski definition) is 5. The molecule has 0 bridgehead atoms. The Kier molecular flexibility index (Phi) is 5.35. The maximum atomic E-state index is 11.9. The number of carbonyl (C=O) groups excluding carboxylic acids is 2. The zero-order valence-corrected chi connectivity index (χ0v) is 11.0. The van der Waals surface area contributed by atoms with Crippen molar-refractivity contribution >= 4 is 29.6 Å². The molecule has 0 saturated heterocycles. The predicted octanol–water partition coefficient (Wildman–Crippen LogP) is -0.302. The maximum Gasteiger partial charge on any atom is 0.326 e. The van der Waals surface area contributed by atoms with E-state index in [1.54, 1.807) is 0 Å². The molecule has 1 aromatic heterocycles. The summed E-state index contributed by atoms with van der Waals surface area (Å²) >= 11 is 0. The average molecular weight is 295 g/mol. The first-order valence-electron chi connectivity index (χ1n) is 5.78. The normalized spacial score (nSPS) is 11.3. The van der Waals surface area contributed by atoms with Gasteiger partial charge in [-0.25, -0.2) is 9.78 Å². The van der Waals surface area contributed by atoms with Crippen molar-refractivity contribution in [3.8, 4) is 0 Å². The Labute approximate surface area is 119 Å². The van der Waals surface area contributed by atoms with E-state index in [2.05, 4.69) is 15.6 Å². The van der Waals surface area contributed by atoms with Gasteiger partial charge in [0.05, 0.1) is 6.42 Å². The summed E-state index contributed by atoms with van der Waals surface area (Å²) in [6.07, 6.45) is 0.512. The van der Waals surface area contributed by atoms with Gasteiger partial charge in [0, 0.05) is 18.7 Å². The van der Waals surface area contributed by atoms with Gasteiger partial charge in [-0.15, -0.1) is 0 Å². The lowest BCUT2D eigenvalue weighted by Gasteiger charge is -2.12. The number of pyridine rings is 1. The van der Waals surface area contributed by atoms with Gasteiger partial charge in [0.1, 0.15) is 11.9 Å². The minimum atomic E-state index is -1.55. The van der Waals surface area contributed by atoms with Crippen LogP contribution in [0.15, 0.2) is 18.3 Å². The summed E-state index contributed by atoms with van der Waals surface area (Å²) < 4.78 is 0. The van der Waals surface area contributed by atoms with Crippen molar-refractivity contribution in [2.24, 2.45) is 0 Å². The summed E-state index contributed by atoms with van der Waals surface area (Å²) in [7, 11) is 0. The summed E-state index contributed by atoms with van der Waals surface area (Å²) in [5.74, 6) is -3.84. The molecule has 1 atom stereocenters. The SMILES string of the molecule is CC(=O)Nc1cc(C(=O)NC(CC(=O)O)C(=O)O)ccn1. The van der Waals surface area contributed by atoms with E-state index < -0.39 is 30.3 Å². The molecule has 0 aliphatic heterocycles. The summed E-state index contributed by atoms with van der Waals surface area (Å²) in [5.41, 5.74) is 0.0467. The standard InChI is InChI=1S/C12H13N3O6/c1-6(16)14-9-4-7(2-3-13-9)11(19)15-8(12(20)21)5-10(17)18/h2-4,8H,5H2,1H3,(H,15,19)(H,17,18)(H,20,21)(H,13,14,16). The first kappa shape index (κ1) is 16.1. The van der Waals surface area contributed by atoms with Crippen LogP contribution in [-0.4, -0.2) is 45.0 Å². The van der Waals surface area contributed by atoms with E-state index in [0.717, 1.165) is 0 Å². The molecular formula is C12H13N3O6. The van der Waals surface area contributed by atoms with E-state index in [0.29, 0.717) is 0 Å². The zero-order chi connectivity index (χ0) is 16.0. The molecule has 2 amide bonds. The molecule has 0 aliphatic rings. The molecular weight excluding hydrogens is 282 g/mol. The van der Waals surface area contributed by atoms with Crippen molar-refractivity contribution in [1.82, 2.24) is 10.3 Å². The van der Waals surface area contributed by atoms with Gasteiger partial charge >= 0.3 is 11.9 Å². The average Bonchev–Trinajstić information content (AvgIpc) is 2.36. The van der Waals surface area contributed by atoms with Crippen LogP contribution in [0.2, 0.25) is 0 Å². The zero-order valence-electron chi connectivity index (χ0n) is 11.0. The highest BCUT2D eigenvalue weighted by molar-refractivity contribution is 5.98. The third-order valence-electron chi connectivity index (χ3n) is 2.31. The number of aliphatic carboxylic acids is 2. The fraction of sp³-hybridized carbons (Fsp3) is 0.250. The van der Waals surface area contributed by atoms with Gasteiger partial charge in [0.15, 0.2) is 0 Å². The van der Waals surface area contributed by atoms with Crippen LogP contribution in [0.25, 0.3) is 0 Å². The molecule has 1 heterocycles. The highest BCUT2D eigenvalue weighted by atomic mass is 16.4. The molecule has 0 aromatic carbocycles. The fourth-order valence-electron chi connectivity index (χ4n) is 1.44. The quantitative estimate of drug-likeness (QED) is 0.563. The molecule has 21 heavy (non-hydrogen) atoms. The second-order valence-corrected chi connectivity index (χ2v) is 4.07. The van der Waals surface area contributed by atoms with E-state index in [4.69, 9.17) is 10.2 Å². The van der Waals surface area contributed by atoms with Crippen LogP contribution >= 0.6 is 0 Å². The molecule has 4 N–H and O–H groups in total. The third kappa shape index (κ3) is 5.27. The smallest absolute Gasteiger partial charge is 0.326 e. The Morgan fingerprint density at radius 2 is 1.95 bits per heavy atom. The molecule has 1 unspecified atom stereocenters. The Bertz CT molecular complexity index is 586. The number of carboxylic acids is 2. The minimum Gasteiger partial charge on any atom is -0.481 e. The van der Waals surface area contributed by atoms with Crippen LogP contribution in [0.3, 0.4) is 0 Å². The van der Waals surface area contributed by atoms with Crippen molar-refractivity contribution in [2.45, 2.75) is 19.4 Å². The summed E-state index contributed by atoms with van der Waals surface area (Å²) in [5, 5.41) is 21.9. The van der Waals surface area contributed by atoms with Crippen LogP contribution in [0, 0.1) is 0 Å². The Hall–Kier alpha value is -2.97. The van der Waals surface area contributed by atoms with Crippen molar-refractivity contribution < 1.29 is 29.4 Å². The summed E-state index contributed by atoms with van der Waals surface area (Å²) in [6, 6.07) is 1.00. The molecule has 9 nitrogen and oxygen atoms in total. The first-order chi connectivity index (χ1) is 9.79. The minimum absolute atomic E-state index is 0.0467. The Morgan fingerprint density at radius 1 is 1.29 bits per heavy atom. The van der Waals surface area contributed by atoms with Crippen molar-refractivity contribution in [3.63, 3.8) is 0 Å². The van der Waals surface area contributed by atoms with E-state index in [-0.39, 0.29) is 17.3 Å². The Balaban J connectivity index is 2.84. The largest absolute Gasteiger partial charge is 0.481 e. The van der Waals surface area contributed by atoms with Gasteiger partial charge in [-0.1, -0.05) is 0 Å². The van der Waals surface area contributed by atoms with Crippen molar-refractivity contribution in [3.05, 3.63) is 23.9 Å². The number of amides is 2. The highest BCUT2D eigenvalue weighted by Crippen LogP contribution is 2.07. The monoisotopic (exact) mass is 295 g/mol. The predicted molar refractivity (Wildman–Crippen MR) is 69.7 cm³/mol. The van der Waals surface area contributed by atoms with E-state index in [1.807, 2.05) is 0 Å². The van der Waals surface area contributed by atoms with Crippen LogP contribution in [0.4, 0.5) is 5.82 Å². The number of nitrogens with one attached hydrogen (secondary N) is 2. The van der Waals surface area contributed by atoms with E-state index in [9.17, 15) is 19.2 Å². The molecule has 1 rings (SSSR count). The van der Waals surface area contributed by atoms with Crippen LogP contribution in [0.1, 0.15) is 23.7 Å². The van der Waals surface area contributed by atoms with E-state index in [1.165, 1.54) is 25.3 Å². The summed E-state index contributed by atoms with van der Waals surface area (Å²) in [4.78, 5) is 48.0. The van der Waals surface area contributed by atoms with Crippen molar-refractivity contribution in [1.29, 1.82) is 0 Å². The Morgan fingerprint density at radius 3 is 2.48 bits per heavy atom. The summed E-state index contributed by atoms with van der Waals surface area (Å²) in [6.45, 7) is 1.27. The van der Waals surface area contributed by atoms with Crippen LogP contribution in [-0.2, 0) is 14.4 Å². The molecule has 112 valence electrons. The van der Waals surface area contributed by atoms with Gasteiger partial charge in [-0.2, -0.15) is 0 Å². The highest BCUT2D eigenvalue weighted by Gasteiger charge is 2.23. The number of carbonyl (C=O) groups is 4. The van der Waals surface area contributed by atoms with Gasteiger partial charge in [-0.3, -0.25) is 14.4 Å². The number of hydrogen-bond donors (Lipinski definition) is 4. The second-order valence-electron chi connectivity index (χ2n) is 4.07. The topological polar surface area (TPSA) is 146 Å². The third-order valence-corrected chi connectivity index (χ3v) is 2.31.